The Morgan fingerprint density at radius 2 is 1.96 bits per heavy atom. The van der Waals surface area contributed by atoms with Crippen molar-refractivity contribution in [1.82, 2.24) is 4.90 Å². The van der Waals surface area contributed by atoms with Crippen LogP contribution in [-0.2, 0) is 4.79 Å². The lowest BCUT2D eigenvalue weighted by molar-refractivity contribution is -0.384. The van der Waals surface area contributed by atoms with Crippen LogP contribution in [-0.4, -0.2) is 28.5 Å². The third-order valence-electron chi connectivity index (χ3n) is 3.71. The van der Waals surface area contributed by atoms with Gasteiger partial charge in [0.25, 0.3) is 5.69 Å². The van der Waals surface area contributed by atoms with Gasteiger partial charge in [0.2, 0.25) is 5.91 Å². The molecule has 24 heavy (non-hydrogen) atoms. The van der Waals surface area contributed by atoms with Gasteiger partial charge in [0.1, 0.15) is 0 Å². The van der Waals surface area contributed by atoms with Crippen molar-refractivity contribution in [2.75, 3.05) is 12.8 Å². The fraction of sp³-hybridized carbons (Fsp3) is 0.235. The summed E-state index contributed by atoms with van der Waals surface area (Å²) < 4.78 is 0.995. The second-order valence-electron chi connectivity index (χ2n) is 5.28. The number of amides is 1. The molecule has 2 aromatic carbocycles. The molecule has 0 aromatic heterocycles. The number of rotatable bonds is 6. The first-order valence-corrected chi connectivity index (χ1v) is 9.04. The number of nitro groups is 1. The highest BCUT2D eigenvalue weighted by Gasteiger charge is 2.19. The number of thioether (sulfide) groups is 1. The lowest BCUT2D eigenvalue weighted by atomic mass is 10.1. The number of hydrogen-bond donors (Lipinski definition) is 0. The molecule has 0 N–H and O–H groups in total. The summed E-state index contributed by atoms with van der Waals surface area (Å²) in [7, 11) is 1.72. The quantitative estimate of drug-likeness (QED) is 0.395. The third kappa shape index (κ3) is 4.82. The highest BCUT2D eigenvalue weighted by Crippen LogP contribution is 2.25. The molecule has 2 rings (SSSR count). The van der Waals surface area contributed by atoms with Gasteiger partial charge in [-0.3, -0.25) is 14.9 Å². The Morgan fingerprint density at radius 1 is 1.29 bits per heavy atom. The van der Waals surface area contributed by atoms with Gasteiger partial charge in [0, 0.05) is 28.5 Å². The predicted octanol–water partition coefficient (Wildman–Crippen LogP) is 4.67. The van der Waals surface area contributed by atoms with Gasteiger partial charge in [-0.2, -0.15) is 0 Å². The number of non-ortho nitro benzene ring substituents is 1. The van der Waals surface area contributed by atoms with Crippen molar-refractivity contribution in [3.63, 3.8) is 0 Å². The average molecular weight is 409 g/mol. The number of nitro benzene ring substituents is 1. The van der Waals surface area contributed by atoms with Gasteiger partial charge in [0.05, 0.1) is 16.7 Å². The molecule has 2 aromatic rings. The molecule has 0 heterocycles. The summed E-state index contributed by atoms with van der Waals surface area (Å²) in [6.45, 7) is 1.86. The molecule has 7 heteroatoms. The normalized spacial score (nSPS) is 11.8. The predicted molar refractivity (Wildman–Crippen MR) is 99.1 cm³/mol. The van der Waals surface area contributed by atoms with E-state index in [4.69, 9.17) is 0 Å². The van der Waals surface area contributed by atoms with Crippen LogP contribution < -0.4 is 0 Å². The van der Waals surface area contributed by atoms with E-state index in [0.29, 0.717) is 5.75 Å². The second kappa shape index (κ2) is 8.30. The van der Waals surface area contributed by atoms with Crippen LogP contribution in [0.5, 0.6) is 0 Å². The van der Waals surface area contributed by atoms with Gasteiger partial charge in [-0.15, -0.1) is 11.8 Å². The third-order valence-corrected chi connectivity index (χ3v) is 5.24. The van der Waals surface area contributed by atoms with Crippen molar-refractivity contribution in [3.05, 3.63) is 68.7 Å². The van der Waals surface area contributed by atoms with Crippen LogP contribution in [0.3, 0.4) is 0 Å². The van der Waals surface area contributed by atoms with Crippen LogP contribution in [0.4, 0.5) is 5.69 Å². The smallest absolute Gasteiger partial charge is 0.269 e. The van der Waals surface area contributed by atoms with Crippen LogP contribution in [0.15, 0.2) is 57.9 Å². The zero-order valence-electron chi connectivity index (χ0n) is 13.3. The Labute approximate surface area is 153 Å². The first-order valence-electron chi connectivity index (χ1n) is 7.27. The van der Waals surface area contributed by atoms with Gasteiger partial charge in [-0.1, -0.05) is 28.1 Å². The Bertz CT molecular complexity index is 737. The van der Waals surface area contributed by atoms with Gasteiger partial charge < -0.3 is 4.90 Å². The molecule has 5 nitrogen and oxygen atoms in total. The number of benzene rings is 2. The summed E-state index contributed by atoms with van der Waals surface area (Å²) in [4.78, 5) is 25.5. The molecular formula is C17H17BrN2O3S. The molecule has 0 unspecified atom stereocenters. The lowest BCUT2D eigenvalue weighted by Crippen LogP contribution is -2.31. The van der Waals surface area contributed by atoms with Gasteiger partial charge in [0.15, 0.2) is 0 Å². The molecule has 0 saturated heterocycles. The van der Waals surface area contributed by atoms with E-state index >= 15 is 0 Å². The van der Waals surface area contributed by atoms with Crippen molar-refractivity contribution in [2.45, 2.75) is 17.9 Å². The van der Waals surface area contributed by atoms with Crippen LogP contribution >= 0.6 is 27.7 Å². The number of hydrogen-bond acceptors (Lipinski definition) is 4. The number of carbonyl (C=O) groups is 1. The molecule has 0 aliphatic heterocycles. The molecule has 0 bridgehead atoms. The summed E-state index contributed by atoms with van der Waals surface area (Å²) in [6, 6.07) is 13.9. The Kier molecular flexibility index (Phi) is 6.39. The van der Waals surface area contributed by atoms with E-state index in [1.165, 1.54) is 23.9 Å². The number of carbonyl (C=O) groups excluding carboxylic acids is 1. The summed E-state index contributed by atoms with van der Waals surface area (Å²) in [5.41, 5.74) is 0.776. The first-order chi connectivity index (χ1) is 11.4. The Hall–Kier alpha value is -1.86. The minimum absolute atomic E-state index is 0.0260. The highest BCUT2D eigenvalue weighted by molar-refractivity contribution is 9.10. The van der Waals surface area contributed by atoms with Crippen molar-refractivity contribution >= 4 is 39.3 Å². The minimum Gasteiger partial charge on any atom is -0.338 e. The van der Waals surface area contributed by atoms with E-state index in [9.17, 15) is 14.9 Å². The first kappa shape index (κ1) is 18.5. The summed E-state index contributed by atoms with van der Waals surface area (Å²) in [5, 5.41) is 10.9. The molecular weight excluding hydrogens is 392 g/mol. The van der Waals surface area contributed by atoms with Crippen molar-refractivity contribution < 1.29 is 9.72 Å². The molecule has 1 amide bonds. The van der Waals surface area contributed by atoms with Crippen molar-refractivity contribution in [1.29, 1.82) is 0 Å². The van der Waals surface area contributed by atoms with Gasteiger partial charge in [-0.05, 0) is 36.8 Å². The molecule has 126 valence electrons. The monoisotopic (exact) mass is 408 g/mol. The highest BCUT2D eigenvalue weighted by atomic mass is 79.9. The topological polar surface area (TPSA) is 63.5 Å². The van der Waals surface area contributed by atoms with E-state index in [0.717, 1.165) is 14.9 Å². The van der Waals surface area contributed by atoms with E-state index in [2.05, 4.69) is 15.9 Å². The summed E-state index contributed by atoms with van der Waals surface area (Å²) >= 11 is 4.84. The SMILES string of the molecule is C[C@H](c1cccc([N+](=O)[O-])c1)N(C)C(=O)CSc1ccc(Br)cc1. The van der Waals surface area contributed by atoms with Crippen molar-refractivity contribution in [3.8, 4) is 0 Å². The van der Waals surface area contributed by atoms with Crippen LogP contribution in [0.1, 0.15) is 18.5 Å². The zero-order chi connectivity index (χ0) is 17.7. The molecule has 0 fully saturated rings. The number of halogens is 1. The van der Waals surface area contributed by atoms with E-state index < -0.39 is 4.92 Å². The average Bonchev–Trinajstić information content (AvgIpc) is 2.59. The van der Waals surface area contributed by atoms with Gasteiger partial charge >= 0.3 is 0 Å². The molecule has 0 saturated carbocycles. The summed E-state index contributed by atoms with van der Waals surface area (Å²) in [6.07, 6.45) is 0. The lowest BCUT2D eigenvalue weighted by Gasteiger charge is -2.25. The Balaban J connectivity index is 2.00. The molecule has 0 spiro atoms. The molecule has 0 aliphatic rings. The molecule has 0 aliphatic carbocycles. The van der Waals surface area contributed by atoms with E-state index in [1.54, 1.807) is 24.1 Å². The van der Waals surface area contributed by atoms with Crippen LogP contribution in [0, 0.1) is 10.1 Å². The molecule has 1 atom stereocenters. The fourth-order valence-electron chi connectivity index (χ4n) is 2.12. The molecule has 0 radical (unpaired) electrons. The standard InChI is InChI=1S/C17H17BrN2O3S/c1-12(13-4-3-5-15(10-13)20(22)23)19(2)17(21)11-24-16-8-6-14(18)7-9-16/h3-10,12H,11H2,1-2H3/t12-/m1/s1. The maximum atomic E-state index is 12.4. The number of nitrogens with zero attached hydrogens (tertiary/aromatic N) is 2. The fourth-order valence-corrected chi connectivity index (χ4v) is 3.20. The van der Waals surface area contributed by atoms with E-state index in [-0.39, 0.29) is 17.6 Å². The van der Waals surface area contributed by atoms with Crippen LogP contribution in [0.25, 0.3) is 0 Å². The van der Waals surface area contributed by atoms with Gasteiger partial charge in [-0.25, -0.2) is 0 Å². The van der Waals surface area contributed by atoms with Crippen LogP contribution in [0.2, 0.25) is 0 Å². The summed E-state index contributed by atoms with van der Waals surface area (Å²) in [5.74, 6) is 0.291. The maximum Gasteiger partial charge on any atom is 0.269 e. The Morgan fingerprint density at radius 3 is 2.58 bits per heavy atom. The van der Waals surface area contributed by atoms with E-state index in [1.807, 2.05) is 31.2 Å². The zero-order valence-corrected chi connectivity index (χ0v) is 15.7. The maximum absolute atomic E-state index is 12.4. The van der Waals surface area contributed by atoms with Crippen molar-refractivity contribution in [2.24, 2.45) is 0 Å². The second-order valence-corrected chi connectivity index (χ2v) is 7.24. The minimum atomic E-state index is -0.429. The largest absolute Gasteiger partial charge is 0.338 e.